The van der Waals surface area contributed by atoms with Gasteiger partial charge in [-0.1, -0.05) is 20.3 Å². The van der Waals surface area contributed by atoms with Gasteiger partial charge in [0.05, 0.1) is 5.69 Å². The summed E-state index contributed by atoms with van der Waals surface area (Å²) in [7, 11) is 0. The van der Waals surface area contributed by atoms with Crippen molar-refractivity contribution < 1.29 is 15.0 Å². The van der Waals surface area contributed by atoms with Crippen LogP contribution in [0.4, 0.5) is 0 Å². The van der Waals surface area contributed by atoms with Crippen LogP contribution in [0.5, 0.6) is 5.75 Å². The van der Waals surface area contributed by atoms with Crippen molar-refractivity contribution >= 4 is 5.97 Å². The van der Waals surface area contributed by atoms with Gasteiger partial charge in [-0.15, -0.1) is 0 Å². The Morgan fingerprint density at radius 1 is 1.41 bits per heavy atom. The molecule has 1 atom stereocenters. The molecule has 0 fully saturated rings. The number of rotatable bonds is 8. The molecule has 1 aromatic heterocycles. The van der Waals surface area contributed by atoms with Crippen molar-refractivity contribution in [3.05, 3.63) is 27.7 Å². The van der Waals surface area contributed by atoms with Gasteiger partial charge in [0, 0.05) is 18.3 Å². The number of hydrogen-bond donors (Lipinski definition) is 2. The van der Waals surface area contributed by atoms with Crippen LogP contribution >= 0.6 is 0 Å². The fourth-order valence-corrected chi connectivity index (χ4v) is 2.54. The Hall–Kier alpha value is -1.82. The van der Waals surface area contributed by atoms with Crippen molar-refractivity contribution in [1.82, 2.24) is 9.47 Å². The number of hydrogen-bond acceptors (Lipinski definition) is 4. The molecule has 1 aromatic rings. The summed E-state index contributed by atoms with van der Waals surface area (Å²) < 4.78 is 1.54. The van der Waals surface area contributed by atoms with Gasteiger partial charge in [-0.25, -0.2) is 4.79 Å². The fraction of sp³-hybridized carbons (Fsp3) is 0.625. The van der Waals surface area contributed by atoms with Crippen LogP contribution in [0.25, 0.3) is 0 Å². The smallest absolute Gasteiger partial charge is 0.326 e. The third kappa shape index (κ3) is 4.10. The monoisotopic (exact) mass is 310 g/mol. The quantitative estimate of drug-likeness (QED) is 0.768. The molecule has 0 amide bonds. The lowest BCUT2D eigenvalue weighted by Gasteiger charge is -2.26. The van der Waals surface area contributed by atoms with Gasteiger partial charge in [0.25, 0.3) is 0 Å². The van der Waals surface area contributed by atoms with Crippen molar-refractivity contribution in [2.45, 2.75) is 53.1 Å². The first kappa shape index (κ1) is 18.2. The minimum atomic E-state index is -0.996. The van der Waals surface area contributed by atoms with Gasteiger partial charge in [0.1, 0.15) is 6.04 Å². The summed E-state index contributed by atoms with van der Waals surface area (Å²) in [4.78, 5) is 25.3. The molecule has 0 aliphatic carbocycles. The van der Waals surface area contributed by atoms with E-state index in [-0.39, 0.29) is 5.75 Å². The molecule has 6 nitrogen and oxygen atoms in total. The molecule has 0 aliphatic heterocycles. The number of aryl methyl sites for hydroxylation is 1. The van der Waals surface area contributed by atoms with Crippen molar-refractivity contribution in [2.24, 2.45) is 0 Å². The highest BCUT2D eigenvalue weighted by molar-refractivity contribution is 5.71. The van der Waals surface area contributed by atoms with E-state index in [4.69, 9.17) is 0 Å². The number of unbranched alkanes of at least 4 members (excludes halogenated alkanes) is 1. The first-order valence-electron chi connectivity index (χ1n) is 7.72. The predicted molar refractivity (Wildman–Crippen MR) is 85.3 cm³/mol. The molecule has 0 bridgehead atoms. The van der Waals surface area contributed by atoms with Crippen LogP contribution in [0, 0.1) is 6.92 Å². The molecule has 0 aromatic carbocycles. The lowest BCUT2D eigenvalue weighted by molar-refractivity contribution is -0.140. The van der Waals surface area contributed by atoms with E-state index < -0.39 is 17.4 Å². The fourth-order valence-electron chi connectivity index (χ4n) is 2.54. The van der Waals surface area contributed by atoms with Crippen LogP contribution in [0.3, 0.4) is 0 Å². The first-order valence-corrected chi connectivity index (χ1v) is 7.72. The topological polar surface area (TPSA) is 82.8 Å². The Kier molecular flexibility index (Phi) is 6.61. The van der Waals surface area contributed by atoms with Crippen LogP contribution < -0.4 is 5.43 Å². The average Bonchev–Trinajstić information content (AvgIpc) is 2.47. The molecule has 0 radical (unpaired) electrons. The number of pyridine rings is 1. The number of aliphatic carboxylic acids is 1. The molecule has 124 valence electrons. The van der Waals surface area contributed by atoms with E-state index >= 15 is 0 Å². The number of nitrogens with zero attached hydrogens (tertiary/aromatic N) is 2. The predicted octanol–water partition coefficient (Wildman–Crippen LogP) is 2.13. The van der Waals surface area contributed by atoms with Crippen LogP contribution in [0.15, 0.2) is 10.9 Å². The van der Waals surface area contributed by atoms with E-state index in [1.807, 2.05) is 6.92 Å². The second kappa shape index (κ2) is 7.98. The van der Waals surface area contributed by atoms with Crippen LogP contribution in [0.1, 0.15) is 51.0 Å². The van der Waals surface area contributed by atoms with Gasteiger partial charge in [-0.3, -0.25) is 9.69 Å². The first-order chi connectivity index (χ1) is 10.3. The Bertz CT molecular complexity index is 580. The zero-order valence-corrected chi connectivity index (χ0v) is 13.8. The molecule has 1 unspecified atom stereocenters. The molecule has 22 heavy (non-hydrogen) atoms. The minimum Gasteiger partial charge on any atom is -0.503 e. The summed E-state index contributed by atoms with van der Waals surface area (Å²) in [5.41, 5.74) is 0.449. The Morgan fingerprint density at radius 3 is 2.55 bits per heavy atom. The second-order valence-electron chi connectivity index (χ2n) is 5.55. The van der Waals surface area contributed by atoms with E-state index in [0.717, 1.165) is 25.9 Å². The Morgan fingerprint density at radius 2 is 2.05 bits per heavy atom. The van der Waals surface area contributed by atoms with Gasteiger partial charge in [0.15, 0.2) is 5.75 Å². The molecule has 1 heterocycles. The maximum absolute atomic E-state index is 11.9. The normalized spacial score (nSPS) is 12.6. The van der Waals surface area contributed by atoms with Gasteiger partial charge in [0.2, 0.25) is 5.43 Å². The molecule has 1 rings (SSSR count). The molecule has 0 saturated carbocycles. The van der Waals surface area contributed by atoms with Crippen LogP contribution in [-0.4, -0.2) is 38.7 Å². The highest BCUT2D eigenvalue weighted by atomic mass is 16.4. The number of aromatic hydroxyl groups is 1. The number of carboxylic acid groups (broad SMARTS) is 1. The molecular weight excluding hydrogens is 284 g/mol. The molecule has 0 aliphatic rings. The zero-order chi connectivity index (χ0) is 16.9. The Labute approximate surface area is 131 Å². The lowest BCUT2D eigenvalue weighted by Crippen LogP contribution is -2.30. The zero-order valence-electron chi connectivity index (χ0n) is 13.8. The maximum Gasteiger partial charge on any atom is 0.326 e. The Balaban J connectivity index is 3.30. The maximum atomic E-state index is 11.9. The van der Waals surface area contributed by atoms with Gasteiger partial charge in [-0.05, 0) is 33.4 Å². The summed E-state index contributed by atoms with van der Waals surface area (Å²) in [5, 5.41) is 19.4. The highest BCUT2D eigenvalue weighted by Crippen LogP contribution is 2.22. The van der Waals surface area contributed by atoms with E-state index in [1.54, 1.807) is 13.8 Å². The largest absolute Gasteiger partial charge is 0.503 e. The van der Waals surface area contributed by atoms with Gasteiger partial charge >= 0.3 is 5.97 Å². The SMILES string of the molecule is CCCCN(CC)Cc1c(O)c(=O)cc(C)n1C(C)C(=O)O. The molecular formula is C16H26N2O4. The third-order valence-corrected chi connectivity index (χ3v) is 3.91. The number of aromatic nitrogens is 1. The van der Waals surface area contributed by atoms with Gasteiger partial charge in [-0.2, -0.15) is 0 Å². The van der Waals surface area contributed by atoms with Gasteiger partial charge < -0.3 is 14.8 Å². The summed E-state index contributed by atoms with van der Waals surface area (Å²) >= 11 is 0. The highest BCUT2D eigenvalue weighted by Gasteiger charge is 2.22. The number of carboxylic acids is 1. The molecule has 6 heteroatoms. The minimum absolute atomic E-state index is 0.353. The summed E-state index contributed by atoms with van der Waals surface area (Å²) in [6.07, 6.45) is 2.06. The van der Waals surface area contributed by atoms with Crippen molar-refractivity contribution in [1.29, 1.82) is 0 Å². The van der Waals surface area contributed by atoms with E-state index in [1.165, 1.54) is 10.6 Å². The summed E-state index contributed by atoms with van der Waals surface area (Å²) in [6.45, 7) is 9.30. The van der Waals surface area contributed by atoms with Crippen LogP contribution in [0.2, 0.25) is 0 Å². The standard InChI is InChI=1S/C16H26N2O4/c1-5-7-8-17(6-2)10-13-15(20)14(19)9-11(3)18(13)12(4)16(21)22/h9,12,20H,5-8,10H2,1-4H3,(H,21,22). The summed E-state index contributed by atoms with van der Waals surface area (Å²) in [6, 6.07) is 0.437. The van der Waals surface area contributed by atoms with E-state index in [0.29, 0.717) is 17.9 Å². The van der Waals surface area contributed by atoms with Crippen molar-refractivity contribution in [3.63, 3.8) is 0 Å². The number of carbonyl (C=O) groups is 1. The van der Waals surface area contributed by atoms with Crippen molar-refractivity contribution in [2.75, 3.05) is 13.1 Å². The molecule has 0 spiro atoms. The molecule has 0 saturated heterocycles. The van der Waals surface area contributed by atoms with Crippen molar-refractivity contribution in [3.8, 4) is 5.75 Å². The van der Waals surface area contributed by atoms with Crippen LogP contribution in [-0.2, 0) is 11.3 Å². The second-order valence-corrected chi connectivity index (χ2v) is 5.55. The van der Waals surface area contributed by atoms with E-state index in [9.17, 15) is 19.8 Å². The third-order valence-electron chi connectivity index (χ3n) is 3.91. The lowest BCUT2D eigenvalue weighted by atomic mass is 10.2. The molecule has 2 N–H and O–H groups in total. The average molecular weight is 310 g/mol. The summed E-state index contributed by atoms with van der Waals surface area (Å²) in [5.74, 6) is -1.35. The van der Waals surface area contributed by atoms with E-state index in [2.05, 4.69) is 11.8 Å².